The van der Waals surface area contributed by atoms with E-state index in [1.54, 1.807) is 23.1 Å². The Hall–Kier alpha value is -1.39. The molecular weight excluding hydrogens is 242 g/mol. The molecule has 17 heavy (non-hydrogen) atoms. The van der Waals surface area contributed by atoms with Crippen LogP contribution < -0.4 is 4.90 Å². The maximum Gasteiger partial charge on any atom is 0.252 e. The van der Waals surface area contributed by atoms with Crippen molar-refractivity contribution in [2.75, 3.05) is 25.2 Å². The largest absolute Gasteiger partial charge is 0.375 e. The highest BCUT2D eigenvalue weighted by molar-refractivity contribution is 6.31. The first-order valence-electron chi connectivity index (χ1n) is 5.25. The van der Waals surface area contributed by atoms with E-state index >= 15 is 0 Å². The number of halogens is 1. The van der Waals surface area contributed by atoms with Gasteiger partial charge >= 0.3 is 0 Å². The quantitative estimate of drug-likeness (QED) is 0.809. The van der Waals surface area contributed by atoms with Gasteiger partial charge in [0.25, 0.3) is 5.91 Å². The molecule has 1 aromatic carbocycles. The van der Waals surface area contributed by atoms with Crippen LogP contribution in [0.5, 0.6) is 0 Å². The minimum atomic E-state index is -0.149. The Morgan fingerprint density at radius 2 is 2.29 bits per heavy atom. The number of fused-ring (bicyclic) bond motifs is 1. The number of carbonyl (C=O) groups excluding carboxylic acids is 2. The van der Waals surface area contributed by atoms with Gasteiger partial charge in [0.2, 0.25) is 0 Å². The van der Waals surface area contributed by atoms with Crippen LogP contribution in [-0.4, -0.2) is 32.0 Å². The molecule has 1 aliphatic heterocycles. The second kappa shape index (κ2) is 4.85. The summed E-state index contributed by atoms with van der Waals surface area (Å²) in [5, 5.41) is 0.498. The molecule has 4 nitrogen and oxygen atoms in total. The maximum absolute atomic E-state index is 11.8. The third-order valence-corrected chi connectivity index (χ3v) is 2.92. The van der Waals surface area contributed by atoms with Crippen molar-refractivity contribution in [3.05, 3.63) is 28.8 Å². The van der Waals surface area contributed by atoms with Crippen LogP contribution in [-0.2, 0) is 9.53 Å². The zero-order chi connectivity index (χ0) is 12.4. The summed E-state index contributed by atoms with van der Waals surface area (Å²) in [4.78, 5) is 25.1. The number of nitrogens with zero attached hydrogens (tertiary/aromatic N) is 1. The second-order valence-corrected chi connectivity index (χ2v) is 4.25. The number of anilines is 1. The van der Waals surface area contributed by atoms with Crippen LogP contribution in [0.25, 0.3) is 0 Å². The van der Waals surface area contributed by atoms with Gasteiger partial charge in [-0.1, -0.05) is 11.6 Å². The molecule has 1 aliphatic rings. The number of ketones is 1. The predicted octanol–water partition coefficient (Wildman–Crippen LogP) is 1.91. The molecule has 1 amide bonds. The maximum atomic E-state index is 11.8. The number of methoxy groups -OCH3 is 1. The lowest BCUT2D eigenvalue weighted by Crippen LogP contribution is -2.39. The van der Waals surface area contributed by atoms with Crippen LogP contribution in [0.4, 0.5) is 5.69 Å². The monoisotopic (exact) mass is 253 g/mol. The SMILES string of the molecule is COCC(=O)N1CCC(=O)c2cc(Cl)ccc21. The molecule has 1 heterocycles. The summed E-state index contributed by atoms with van der Waals surface area (Å²) in [5.74, 6) is -0.132. The molecule has 0 fully saturated rings. The third kappa shape index (κ3) is 2.33. The summed E-state index contributed by atoms with van der Waals surface area (Å²) in [7, 11) is 1.47. The minimum absolute atomic E-state index is 0.0102. The van der Waals surface area contributed by atoms with Crippen LogP contribution in [0.15, 0.2) is 18.2 Å². The molecule has 0 saturated heterocycles. The van der Waals surface area contributed by atoms with Gasteiger partial charge in [0.05, 0.1) is 5.69 Å². The van der Waals surface area contributed by atoms with Gasteiger partial charge in [-0.2, -0.15) is 0 Å². The van der Waals surface area contributed by atoms with Crippen molar-refractivity contribution in [1.29, 1.82) is 0 Å². The molecule has 0 radical (unpaired) electrons. The van der Waals surface area contributed by atoms with Gasteiger partial charge in [0.15, 0.2) is 5.78 Å². The van der Waals surface area contributed by atoms with Gasteiger partial charge in [-0.25, -0.2) is 0 Å². The normalized spacial score (nSPS) is 14.7. The summed E-state index contributed by atoms with van der Waals surface area (Å²) >= 11 is 5.85. The molecule has 90 valence electrons. The van der Waals surface area contributed by atoms with Gasteiger partial charge in [-0.15, -0.1) is 0 Å². The van der Waals surface area contributed by atoms with Crippen molar-refractivity contribution in [3.63, 3.8) is 0 Å². The lowest BCUT2D eigenvalue weighted by atomic mass is 10.0. The zero-order valence-corrected chi connectivity index (χ0v) is 10.2. The highest BCUT2D eigenvalue weighted by atomic mass is 35.5. The van der Waals surface area contributed by atoms with Crippen molar-refractivity contribution >= 4 is 29.0 Å². The summed E-state index contributed by atoms with van der Waals surface area (Å²) < 4.78 is 4.82. The number of benzene rings is 1. The van der Waals surface area contributed by atoms with Gasteiger partial charge in [0.1, 0.15) is 6.61 Å². The molecule has 0 N–H and O–H groups in total. The smallest absolute Gasteiger partial charge is 0.252 e. The first kappa shape index (κ1) is 12.1. The van der Waals surface area contributed by atoms with Crippen molar-refractivity contribution in [2.24, 2.45) is 0 Å². The molecule has 0 atom stereocenters. The Kier molecular flexibility index (Phi) is 3.45. The first-order valence-corrected chi connectivity index (χ1v) is 5.63. The fourth-order valence-electron chi connectivity index (χ4n) is 1.90. The van der Waals surface area contributed by atoms with E-state index in [0.29, 0.717) is 29.2 Å². The average Bonchev–Trinajstić information content (AvgIpc) is 2.30. The Morgan fingerprint density at radius 3 is 3.00 bits per heavy atom. The van der Waals surface area contributed by atoms with E-state index in [1.165, 1.54) is 7.11 Å². The zero-order valence-electron chi connectivity index (χ0n) is 9.40. The standard InChI is InChI=1S/C12H12ClNO3/c1-17-7-12(16)14-5-4-11(15)9-6-8(13)2-3-10(9)14/h2-3,6H,4-5,7H2,1H3. The molecule has 1 aromatic rings. The molecule has 2 rings (SSSR count). The minimum Gasteiger partial charge on any atom is -0.375 e. The Balaban J connectivity index is 2.39. The molecule has 0 aromatic heterocycles. The fraction of sp³-hybridized carbons (Fsp3) is 0.333. The highest BCUT2D eigenvalue weighted by Crippen LogP contribution is 2.29. The highest BCUT2D eigenvalue weighted by Gasteiger charge is 2.27. The Labute approximate surface area is 104 Å². The summed E-state index contributed by atoms with van der Waals surface area (Å²) in [6.45, 7) is 0.409. The Bertz CT molecular complexity index is 473. The Morgan fingerprint density at radius 1 is 1.53 bits per heavy atom. The number of ether oxygens (including phenoxy) is 1. The van der Waals surface area contributed by atoms with Crippen LogP contribution in [0.3, 0.4) is 0 Å². The number of carbonyl (C=O) groups is 2. The van der Waals surface area contributed by atoms with Crippen LogP contribution in [0.2, 0.25) is 5.02 Å². The first-order chi connectivity index (χ1) is 8.13. The number of rotatable bonds is 2. The number of Topliss-reactive ketones (excluding diaryl/α,β-unsaturated/α-hetero) is 1. The van der Waals surface area contributed by atoms with E-state index in [0.717, 1.165) is 0 Å². The molecule has 0 unspecified atom stereocenters. The van der Waals surface area contributed by atoms with Crippen LogP contribution in [0, 0.1) is 0 Å². The molecule has 0 bridgehead atoms. The average molecular weight is 254 g/mol. The van der Waals surface area contributed by atoms with Crippen LogP contribution in [0.1, 0.15) is 16.8 Å². The van der Waals surface area contributed by atoms with E-state index in [4.69, 9.17) is 16.3 Å². The van der Waals surface area contributed by atoms with Gasteiger partial charge in [-0.05, 0) is 18.2 Å². The van der Waals surface area contributed by atoms with E-state index in [2.05, 4.69) is 0 Å². The van der Waals surface area contributed by atoms with E-state index in [1.807, 2.05) is 0 Å². The summed E-state index contributed by atoms with van der Waals surface area (Å²) in [6, 6.07) is 4.97. The third-order valence-electron chi connectivity index (χ3n) is 2.68. The molecular formula is C12H12ClNO3. The summed E-state index contributed by atoms with van der Waals surface area (Å²) in [5.41, 5.74) is 1.13. The van der Waals surface area contributed by atoms with Crippen molar-refractivity contribution in [1.82, 2.24) is 0 Å². The number of hydrogen-bond donors (Lipinski definition) is 0. The van der Waals surface area contributed by atoms with Crippen molar-refractivity contribution in [3.8, 4) is 0 Å². The lowest BCUT2D eigenvalue weighted by Gasteiger charge is -2.28. The van der Waals surface area contributed by atoms with Crippen LogP contribution >= 0.6 is 11.6 Å². The summed E-state index contributed by atoms with van der Waals surface area (Å²) in [6.07, 6.45) is 0.322. The van der Waals surface area contributed by atoms with Crippen molar-refractivity contribution in [2.45, 2.75) is 6.42 Å². The van der Waals surface area contributed by atoms with Crippen molar-refractivity contribution < 1.29 is 14.3 Å². The molecule has 0 aliphatic carbocycles. The number of hydrogen-bond acceptors (Lipinski definition) is 3. The van der Waals surface area contributed by atoms with E-state index in [9.17, 15) is 9.59 Å². The fourth-order valence-corrected chi connectivity index (χ4v) is 2.07. The van der Waals surface area contributed by atoms with Gasteiger partial charge < -0.3 is 9.64 Å². The molecule has 0 saturated carbocycles. The molecule has 0 spiro atoms. The second-order valence-electron chi connectivity index (χ2n) is 3.81. The predicted molar refractivity (Wildman–Crippen MR) is 64.6 cm³/mol. The van der Waals surface area contributed by atoms with Gasteiger partial charge in [0, 0.05) is 30.7 Å². The number of amides is 1. The molecule has 5 heteroatoms. The van der Waals surface area contributed by atoms with E-state index < -0.39 is 0 Å². The van der Waals surface area contributed by atoms with Gasteiger partial charge in [-0.3, -0.25) is 9.59 Å². The van der Waals surface area contributed by atoms with E-state index in [-0.39, 0.29) is 18.3 Å². The topological polar surface area (TPSA) is 46.6 Å². The lowest BCUT2D eigenvalue weighted by molar-refractivity contribution is -0.122.